The molecule has 31 heavy (non-hydrogen) atoms. The molecule has 1 saturated carbocycles. The summed E-state index contributed by atoms with van der Waals surface area (Å²) in [6.07, 6.45) is 3.01. The minimum atomic E-state index is -0.381. The minimum absolute atomic E-state index is 0.0371. The molecule has 1 N–H and O–H groups in total. The molecular formula is C25H27N3O3. The second-order valence-electron chi connectivity index (χ2n) is 8.97. The van der Waals surface area contributed by atoms with Crippen LogP contribution in [0.4, 0.5) is 17.1 Å². The van der Waals surface area contributed by atoms with E-state index in [0.717, 1.165) is 53.0 Å². The second-order valence-corrected chi connectivity index (χ2v) is 8.97. The lowest BCUT2D eigenvalue weighted by Crippen LogP contribution is -2.30. The first-order chi connectivity index (χ1) is 14.9. The van der Waals surface area contributed by atoms with Crippen LogP contribution < -0.4 is 15.1 Å². The molecular weight excluding hydrogens is 390 g/mol. The van der Waals surface area contributed by atoms with Gasteiger partial charge in [0.25, 0.3) is 0 Å². The van der Waals surface area contributed by atoms with Crippen LogP contribution in [0.3, 0.4) is 0 Å². The molecule has 2 aromatic carbocycles. The fourth-order valence-corrected chi connectivity index (χ4v) is 4.59. The normalized spacial score (nSPS) is 20.2. The van der Waals surface area contributed by atoms with Gasteiger partial charge in [-0.15, -0.1) is 0 Å². The average Bonchev–Trinajstić information content (AvgIpc) is 3.41. The highest BCUT2D eigenvalue weighted by Crippen LogP contribution is 2.38. The summed E-state index contributed by atoms with van der Waals surface area (Å²) in [5, 5.41) is 3.00. The summed E-state index contributed by atoms with van der Waals surface area (Å²) in [7, 11) is 0. The quantitative estimate of drug-likeness (QED) is 0.827. The Hall–Kier alpha value is -3.15. The molecule has 3 aliphatic rings. The van der Waals surface area contributed by atoms with Crippen molar-refractivity contribution in [3.63, 3.8) is 0 Å². The summed E-state index contributed by atoms with van der Waals surface area (Å²) in [6, 6.07) is 11.7. The highest BCUT2D eigenvalue weighted by molar-refractivity contribution is 6.04. The molecule has 0 bridgehead atoms. The van der Waals surface area contributed by atoms with Gasteiger partial charge in [0, 0.05) is 42.5 Å². The number of nitrogens with one attached hydrogen (secondary N) is 1. The van der Waals surface area contributed by atoms with Gasteiger partial charge in [-0.3, -0.25) is 14.4 Å². The summed E-state index contributed by atoms with van der Waals surface area (Å²) >= 11 is 0. The molecule has 1 saturated heterocycles. The van der Waals surface area contributed by atoms with E-state index in [2.05, 4.69) is 5.32 Å². The van der Waals surface area contributed by atoms with E-state index in [-0.39, 0.29) is 36.0 Å². The Morgan fingerprint density at radius 2 is 1.87 bits per heavy atom. The van der Waals surface area contributed by atoms with E-state index in [1.54, 1.807) is 4.90 Å². The van der Waals surface area contributed by atoms with Crippen molar-refractivity contribution in [1.29, 1.82) is 0 Å². The molecule has 0 unspecified atom stereocenters. The SMILES string of the molecule is Cc1cccc(NC(=O)[C@H]2CC(=O)N(c3ccc4c(c3)CCN4C(=O)C3CC3)C2)c1C. The fraction of sp³-hybridized carbons (Fsp3) is 0.400. The van der Waals surface area contributed by atoms with E-state index in [4.69, 9.17) is 0 Å². The van der Waals surface area contributed by atoms with Crippen LogP contribution in [-0.2, 0) is 20.8 Å². The molecule has 160 valence electrons. The van der Waals surface area contributed by atoms with Crippen molar-refractivity contribution in [2.75, 3.05) is 28.2 Å². The minimum Gasteiger partial charge on any atom is -0.326 e. The van der Waals surface area contributed by atoms with E-state index in [0.29, 0.717) is 13.1 Å². The number of rotatable bonds is 4. The number of aryl methyl sites for hydroxylation is 1. The highest BCUT2D eigenvalue weighted by Gasteiger charge is 2.38. The van der Waals surface area contributed by atoms with Gasteiger partial charge < -0.3 is 15.1 Å². The number of hydrogen-bond donors (Lipinski definition) is 1. The van der Waals surface area contributed by atoms with Crippen LogP contribution in [0.25, 0.3) is 0 Å². The topological polar surface area (TPSA) is 69.7 Å². The maximum atomic E-state index is 12.8. The van der Waals surface area contributed by atoms with Gasteiger partial charge in [0.1, 0.15) is 0 Å². The van der Waals surface area contributed by atoms with Gasteiger partial charge in [0.2, 0.25) is 17.7 Å². The van der Waals surface area contributed by atoms with Crippen molar-refractivity contribution in [1.82, 2.24) is 0 Å². The lowest BCUT2D eigenvalue weighted by atomic mass is 10.1. The first kappa shape index (κ1) is 19.8. The van der Waals surface area contributed by atoms with Gasteiger partial charge >= 0.3 is 0 Å². The largest absolute Gasteiger partial charge is 0.326 e. The van der Waals surface area contributed by atoms with Crippen molar-refractivity contribution in [3.8, 4) is 0 Å². The molecule has 2 aromatic rings. The van der Waals surface area contributed by atoms with Gasteiger partial charge in [0.15, 0.2) is 0 Å². The summed E-state index contributed by atoms with van der Waals surface area (Å²) in [6.45, 7) is 5.08. The third-order valence-electron chi connectivity index (χ3n) is 6.82. The molecule has 6 nitrogen and oxygen atoms in total. The predicted molar refractivity (Wildman–Crippen MR) is 120 cm³/mol. The van der Waals surface area contributed by atoms with Gasteiger partial charge in [-0.25, -0.2) is 0 Å². The standard InChI is InChI=1S/C25H27N3O3/c1-15-4-3-5-21(16(15)2)26-24(30)19-13-23(29)28(14-19)20-8-9-22-18(12-20)10-11-27(22)25(31)17-6-7-17/h3-5,8-9,12,17,19H,6-7,10-11,13-14H2,1-2H3,(H,26,30)/t19-/m0/s1. The molecule has 2 fully saturated rings. The molecule has 6 heteroatoms. The highest BCUT2D eigenvalue weighted by atomic mass is 16.2. The Balaban J connectivity index is 1.30. The average molecular weight is 418 g/mol. The zero-order valence-corrected chi connectivity index (χ0v) is 18.0. The van der Waals surface area contributed by atoms with Crippen molar-refractivity contribution in [2.24, 2.45) is 11.8 Å². The third-order valence-corrected chi connectivity index (χ3v) is 6.82. The van der Waals surface area contributed by atoms with Crippen LogP contribution in [0.5, 0.6) is 0 Å². The Bertz CT molecular complexity index is 1090. The van der Waals surface area contributed by atoms with Crippen molar-refractivity contribution < 1.29 is 14.4 Å². The molecule has 3 amide bonds. The zero-order valence-electron chi connectivity index (χ0n) is 18.0. The van der Waals surface area contributed by atoms with Gasteiger partial charge in [-0.2, -0.15) is 0 Å². The number of carbonyl (C=O) groups excluding carboxylic acids is 3. The number of hydrogen-bond acceptors (Lipinski definition) is 3. The molecule has 2 heterocycles. The second kappa shape index (κ2) is 7.52. The smallest absolute Gasteiger partial charge is 0.230 e. The Labute approximate surface area is 182 Å². The van der Waals surface area contributed by atoms with Gasteiger partial charge in [-0.1, -0.05) is 12.1 Å². The summed E-state index contributed by atoms with van der Waals surface area (Å²) in [4.78, 5) is 41.6. The van der Waals surface area contributed by atoms with Gasteiger partial charge in [-0.05, 0) is 74.1 Å². The van der Waals surface area contributed by atoms with Crippen LogP contribution in [0, 0.1) is 25.7 Å². The summed E-state index contributed by atoms with van der Waals surface area (Å²) < 4.78 is 0. The molecule has 0 aromatic heterocycles. The predicted octanol–water partition coefficient (Wildman–Crippen LogP) is 3.59. The van der Waals surface area contributed by atoms with E-state index in [9.17, 15) is 14.4 Å². The van der Waals surface area contributed by atoms with Crippen LogP contribution in [0.1, 0.15) is 36.0 Å². The number of benzene rings is 2. The zero-order chi connectivity index (χ0) is 21.7. The van der Waals surface area contributed by atoms with E-state index >= 15 is 0 Å². The van der Waals surface area contributed by atoms with E-state index < -0.39 is 0 Å². The first-order valence-corrected chi connectivity index (χ1v) is 11.0. The van der Waals surface area contributed by atoms with Crippen LogP contribution >= 0.6 is 0 Å². The first-order valence-electron chi connectivity index (χ1n) is 11.0. The van der Waals surface area contributed by atoms with E-state index in [1.165, 1.54) is 0 Å². The summed E-state index contributed by atoms with van der Waals surface area (Å²) in [5.74, 6) is -0.112. The molecule has 1 aliphatic carbocycles. The Kier molecular flexibility index (Phi) is 4.80. The van der Waals surface area contributed by atoms with Crippen molar-refractivity contribution in [3.05, 3.63) is 53.1 Å². The maximum Gasteiger partial charge on any atom is 0.230 e. The number of amides is 3. The van der Waals surface area contributed by atoms with Crippen LogP contribution in [0.15, 0.2) is 36.4 Å². The molecule has 1 atom stereocenters. The Morgan fingerprint density at radius 3 is 2.65 bits per heavy atom. The number of nitrogens with zero attached hydrogens (tertiary/aromatic N) is 2. The number of anilines is 3. The molecule has 0 radical (unpaired) electrons. The molecule has 5 rings (SSSR count). The van der Waals surface area contributed by atoms with Gasteiger partial charge in [0.05, 0.1) is 5.92 Å². The van der Waals surface area contributed by atoms with E-state index in [1.807, 2.05) is 55.1 Å². The molecule has 0 spiro atoms. The van der Waals surface area contributed by atoms with Crippen molar-refractivity contribution >= 4 is 34.8 Å². The van der Waals surface area contributed by atoms with Crippen LogP contribution in [0.2, 0.25) is 0 Å². The third kappa shape index (κ3) is 3.60. The Morgan fingerprint density at radius 1 is 1.06 bits per heavy atom. The summed E-state index contributed by atoms with van der Waals surface area (Å²) in [5.41, 5.74) is 5.84. The monoisotopic (exact) mass is 417 g/mol. The van der Waals surface area contributed by atoms with Crippen molar-refractivity contribution in [2.45, 2.75) is 39.5 Å². The number of fused-ring (bicyclic) bond motifs is 1. The number of carbonyl (C=O) groups is 3. The molecule has 2 aliphatic heterocycles. The fourth-order valence-electron chi connectivity index (χ4n) is 4.59. The van der Waals surface area contributed by atoms with Crippen LogP contribution in [-0.4, -0.2) is 30.8 Å². The lowest BCUT2D eigenvalue weighted by molar-refractivity contribution is -0.122. The lowest BCUT2D eigenvalue weighted by Gasteiger charge is -2.20. The maximum absolute atomic E-state index is 12.8.